The van der Waals surface area contributed by atoms with Crippen LogP contribution < -0.4 is 10.7 Å². The maximum atomic E-state index is 8.25. The summed E-state index contributed by atoms with van der Waals surface area (Å²) in [5, 5.41) is 14.8. The molecule has 6 heteroatoms. The topological polar surface area (TPSA) is 105 Å². The fourth-order valence-corrected chi connectivity index (χ4v) is 0.924. The largest absolute Gasteiger partial charge is 0.356 e. The van der Waals surface area contributed by atoms with Crippen LogP contribution in [0.1, 0.15) is 19.8 Å². The Morgan fingerprint density at radius 2 is 1.67 bits per heavy atom. The molecule has 0 radical (unpaired) electrons. The molecule has 3 N–H and O–H groups in total. The van der Waals surface area contributed by atoms with Gasteiger partial charge in [-0.25, -0.2) is 4.57 Å². The van der Waals surface area contributed by atoms with Gasteiger partial charge in [-0.05, 0) is 0 Å². The predicted octanol–water partition coefficient (Wildman–Crippen LogP) is 1.70. The van der Waals surface area contributed by atoms with E-state index in [1.807, 2.05) is 6.07 Å². The highest BCUT2D eigenvalue weighted by molar-refractivity contribution is 4.83. The number of hydrogen-bond acceptors (Lipinski definition) is 4. The minimum atomic E-state index is -1.75. The van der Waals surface area contributed by atoms with Gasteiger partial charge in [-0.2, -0.15) is 0 Å². The molecule has 15 heavy (non-hydrogen) atoms. The highest BCUT2D eigenvalue weighted by Gasteiger charge is 1.93. The minimum absolute atomic E-state index is 0. The van der Waals surface area contributed by atoms with E-state index >= 15 is 0 Å². The first-order valence-corrected chi connectivity index (χ1v) is 4.42. The van der Waals surface area contributed by atoms with E-state index in [0.717, 1.165) is 6.54 Å². The minimum Gasteiger partial charge on any atom is -0.356 e. The van der Waals surface area contributed by atoms with E-state index in [1.165, 1.54) is 12.8 Å². The van der Waals surface area contributed by atoms with Gasteiger partial charge in [0.15, 0.2) is 12.4 Å². The summed E-state index contributed by atoms with van der Waals surface area (Å²) in [6.07, 6.45) is 6.75. The molecule has 6 nitrogen and oxygen atoms in total. The molecule has 0 aromatic carbocycles. The Bertz CT molecular complexity index is 250. The van der Waals surface area contributed by atoms with Crippen LogP contribution in [0, 0.1) is 15.3 Å². The van der Waals surface area contributed by atoms with Gasteiger partial charge in [0.05, 0.1) is 5.09 Å². The number of unbranched alkanes of at least 4 members (excludes halogenated alkanes) is 1. The Kier molecular flexibility index (Phi) is 10.9. The predicted molar refractivity (Wildman–Crippen MR) is 56.9 cm³/mol. The SMILES string of the molecule is CCCC[n+]1ccccc1.N.O=[N+]([O-])[O-]. The van der Waals surface area contributed by atoms with Gasteiger partial charge in [-0.3, -0.25) is 0 Å². The molecular formula is C9H17N3O3. The van der Waals surface area contributed by atoms with Gasteiger partial charge >= 0.3 is 0 Å². The lowest BCUT2D eigenvalue weighted by Gasteiger charge is -1.91. The summed E-state index contributed by atoms with van der Waals surface area (Å²) in [6.45, 7) is 3.36. The van der Waals surface area contributed by atoms with Crippen molar-refractivity contribution in [3.63, 3.8) is 0 Å². The molecule has 0 spiro atoms. The van der Waals surface area contributed by atoms with Gasteiger partial charge in [0.1, 0.15) is 6.54 Å². The quantitative estimate of drug-likeness (QED) is 0.470. The Morgan fingerprint density at radius 3 is 2.07 bits per heavy atom. The second kappa shape index (κ2) is 10.4. The Hall–Kier alpha value is -1.69. The van der Waals surface area contributed by atoms with Crippen LogP contribution in [0.15, 0.2) is 30.6 Å². The third kappa shape index (κ3) is 12.3. The van der Waals surface area contributed by atoms with Gasteiger partial charge in [0.2, 0.25) is 0 Å². The Morgan fingerprint density at radius 1 is 1.20 bits per heavy atom. The smallest absolute Gasteiger partial charge is 0.168 e. The van der Waals surface area contributed by atoms with Gasteiger partial charge in [0.25, 0.3) is 0 Å². The van der Waals surface area contributed by atoms with E-state index in [4.69, 9.17) is 15.3 Å². The summed E-state index contributed by atoms with van der Waals surface area (Å²) >= 11 is 0. The van der Waals surface area contributed by atoms with Crippen LogP contribution in [-0.2, 0) is 6.54 Å². The third-order valence-electron chi connectivity index (χ3n) is 1.55. The molecule has 0 aliphatic carbocycles. The summed E-state index contributed by atoms with van der Waals surface area (Å²) in [4.78, 5) is 8.25. The zero-order chi connectivity index (χ0) is 10.8. The first-order chi connectivity index (χ1) is 6.66. The van der Waals surface area contributed by atoms with E-state index in [0.29, 0.717) is 0 Å². The molecule has 0 saturated heterocycles. The standard InChI is InChI=1S/C9H14N.NO3.H3N/c1-2-3-7-10-8-5-4-6-9-10;2-1(3)4;/h4-6,8-9H,2-3,7H2,1H3;;1H3/q+1;-1;. The van der Waals surface area contributed by atoms with Crippen molar-refractivity contribution < 1.29 is 9.65 Å². The molecule has 1 aromatic heterocycles. The number of aromatic nitrogens is 1. The molecule has 0 aliphatic heterocycles. The van der Waals surface area contributed by atoms with Crippen LogP contribution in [0.25, 0.3) is 0 Å². The average molecular weight is 215 g/mol. The molecule has 86 valence electrons. The second-order valence-electron chi connectivity index (χ2n) is 2.69. The van der Waals surface area contributed by atoms with Crippen LogP contribution >= 0.6 is 0 Å². The van der Waals surface area contributed by atoms with Crippen molar-refractivity contribution in [3.8, 4) is 0 Å². The van der Waals surface area contributed by atoms with Crippen molar-refractivity contribution in [3.05, 3.63) is 45.9 Å². The fourth-order valence-electron chi connectivity index (χ4n) is 0.924. The molecular weight excluding hydrogens is 198 g/mol. The lowest BCUT2D eigenvalue weighted by atomic mass is 10.3. The molecule has 0 aliphatic rings. The Balaban J connectivity index is 0. The normalized spacial score (nSPS) is 8.07. The van der Waals surface area contributed by atoms with E-state index in [2.05, 4.69) is 36.0 Å². The summed E-state index contributed by atoms with van der Waals surface area (Å²) < 4.78 is 2.21. The van der Waals surface area contributed by atoms with Gasteiger partial charge in [-0.15, -0.1) is 0 Å². The summed E-state index contributed by atoms with van der Waals surface area (Å²) in [7, 11) is 0. The average Bonchev–Trinajstić information content (AvgIpc) is 2.15. The zero-order valence-electron chi connectivity index (χ0n) is 8.83. The molecule has 0 saturated carbocycles. The first kappa shape index (κ1) is 15.8. The molecule has 0 amide bonds. The van der Waals surface area contributed by atoms with Gasteiger partial charge in [-0.1, -0.05) is 19.4 Å². The molecule has 0 fully saturated rings. The molecule has 1 heterocycles. The molecule has 0 atom stereocenters. The molecule has 0 unspecified atom stereocenters. The van der Waals surface area contributed by atoms with E-state index < -0.39 is 5.09 Å². The third-order valence-corrected chi connectivity index (χ3v) is 1.55. The van der Waals surface area contributed by atoms with Crippen molar-refractivity contribution in [1.82, 2.24) is 6.15 Å². The highest BCUT2D eigenvalue weighted by atomic mass is 16.9. The second-order valence-corrected chi connectivity index (χ2v) is 2.69. The number of hydrogen-bond donors (Lipinski definition) is 1. The molecule has 1 aromatic rings. The Labute approximate surface area is 88.9 Å². The van der Waals surface area contributed by atoms with Crippen molar-refractivity contribution >= 4 is 0 Å². The fraction of sp³-hybridized carbons (Fsp3) is 0.444. The maximum Gasteiger partial charge on any atom is 0.168 e. The van der Waals surface area contributed by atoms with Crippen LogP contribution in [0.2, 0.25) is 0 Å². The van der Waals surface area contributed by atoms with E-state index in [9.17, 15) is 0 Å². The maximum absolute atomic E-state index is 8.25. The molecule has 1 rings (SSSR count). The van der Waals surface area contributed by atoms with Crippen LogP contribution in [0.4, 0.5) is 0 Å². The lowest BCUT2D eigenvalue weighted by molar-refractivity contribution is -0.697. The van der Waals surface area contributed by atoms with E-state index in [1.54, 1.807) is 0 Å². The number of rotatable bonds is 3. The zero-order valence-corrected chi connectivity index (χ0v) is 8.83. The van der Waals surface area contributed by atoms with E-state index in [-0.39, 0.29) is 6.15 Å². The summed E-state index contributed by atoms with van der Waals surface area (Å²) in [6, 6.07) is 6.17. The number of aryl methyl sites for hydroxylation is 1. The number of pyridine rings is 1. The van der Waals surface area contributed by atoms with Crippen molar-refractivity contribution in [2.24, 2.45) is 0 Å². The lowest BCUT2D eigenvalue weighted by Crippen LogP contribution is -2.31. The van der Waals surface area contributed by atoms with Crippen LogP contribution in [0.3, 0.4) is 0 Å². The van der Waals surface area contributed by atoms with Crippen molar-refractivity contribution in [2.45, 2.75) is 26.3 Å². The van der Waals surface area contributed by atoms with Crippen molar-refractivity contribution in [1.29, 1.82) is 0 Å². The first-order valence-electron chi connectivity index (χ1n) is 4.42. The van der Waals surface area contributed by atoms with Crippen LogP contribution in [0.5, 0.6) is 0 Å². The number of nitrogens with zero attached hydrogens (tertiary/aromatic N) is 2. The summed E-state index contributed by atoms with van der Waals surface area (Å²) in [5.41, 5.74) is 0. The van der Waals surface area contributed by atoms with Gasteiger partial charge < -0.3 is 21.5 Å². The van der Waals surface area contributed by atoms with Crippen molar-refractivity contribution in [2.75, 3.05) is 0 Å². The van der Waals surface area contributed by atoms with Crippen LogP contribution in [-0.4, -0.2) is 5.09 Å². The molecule has 0 bridgehead atoms. The summed E-state index contributed by atoms with van der Waals surface area (Å²) in [5.74, 6) is 0. The monoisotopic (exact) mass is 215 g/mol. The highest BCUT2D eigenvalue weighted by Crippen LogP contribution is 1.85. The van der Waals surface area contributed by atoms with Gasteiger partial charge in [0, 0.05) is 18.6 Å².